The van der Waals surface area contributed by atoms with Crippen LogP contribution in [0, 0.1) is 17.0 Å². The maximum atomic E-state index is 13.0. The molecule has 3 rings (SSSR count). The summed E-state index contributed by atoms with van der Waals surface area (Å²) >= 11 is 0. The molecule has 1 N–H and O–H groups in total. The van der Waals surface area contributed by atoms with Gasteiger partial charge in [-0.1, -0.05) is 6.92 Å². The van der Waals surface area contributed by atoms with Gasteiger partial charge in [-0.2, -0.15) is 0 Å². The van der Waals surface area contributed by atoms with Gasteiger partial charge in [0, 0.05) is 59.8 Å². The van der Waals surface area contributed by atoms with Crippen LogP contribution in [0.1, 0.15) is 30.1 Å². The number of non-ortho nitro benzene ring substituents is 1. The lowest BCUT2D eigenvalue weighted by molar-refractivity contribution is -0.384. The number of hydrogen-bond acceptors (Lipinski definition) is 6. The van der Waals surface area contributed by atoms with Crippen molar-refractivity contribution in [2.24, 2.45) is 0 Å². The van der Waals surface area contributed by atoms with E-state index in [0.717, 1.165) is 5.70 Å². The summed E-state index contributed by atoms with van der Waals surface area (Å²) in [5, 5.41) is 13.7. The van der Waals surface area contributed by atoms with Crippen molar-refractivity contribution in [2.75, 3.05) is 4.90 Å². The van der Waals surface area contributed by atoms with Crippen LogP contribution in [0.2, 0.25) is 0 Å². The van der Waals surface area contributed by atoms with E-state index in [1.54, 1.807) is 30.3 Å². The molecule has 0 unspecified atom stereocenters. The van der Waals surface area contributed by atoms with Crippen LogP contribution < -0.4 is 10.2 Å². The zero-order valence-electron chi connectivity index (χ0n) is 15.5. The van der Waals surface area contributed by atoms with Crippen molar-refractivity contribution in [2.45, 2.75) is 26.7 Å². The number of rotatable bonds is 6. The molecule has 0 radical (unpaired) electrons. The number of aryl methyl sites for hydroxylation is 1. The van der Waals surface area contributed by atoms with Crippen molar-refractivity contribution in [1.82, 2.24) is 14.9 Å². The number of hydrogen-bond donors (Lipinski definition) is 1. The second kappa shape index (κ2) is 7.87. The summed E-state index contributed by atoms with van der Waals surface area (Å²) in [4.78, 5) is 40.3. The molecule has 0 saturated carbocycles. The highest BCUT2D eigenvalue weighted by Gasteiger charge is 2.27. The first-order chi connectivity index (χ1) is 13.5. The molecule has 28 heavy (non-hydrogen) atoms. The van der Waals surface area contributed by atoms with E-state index in [2.05, 4.69) is 10.3 Å². The Kier molecular flexibility index (Phi) is 5.35. The van der Waals surface area contributed by atoms with Crippen LogP contribution in [0.25, 0.3) is 0 Å². The van der Waals surface area contributed by atoms with E-state index < -0.39 is 4.92 Å². The molecule has 0 fully saturated rings. The van der Waals surface area contributed by atoms with Gasteiger partial charge in [-0.3, -0.25) is 24.3 Å². The highest BCUT2D eigenvalue weighted by atomic mass is 16.6. The number of anilines is 1. The van der Waals surface area contributed by atoms with E-state index in [9.17, 15) is 19.7 Å². The van der Waals surface area contributed by atoms with Gasteiger partial charge in [-0.05, 0) is 25.0 Å². The number of nitrogens with zero attached hydrogens (tertiary/aromatic N) is 4. The van der Waals surface area contributed by atoms with Crippen LogP contribution in [0.3, 0.4) is 0 Å². The first-order valence-electron chi connectivity index (χ1n) is 8.66. The Bertz CT molecular complexity index is 992. The molecule has 1 aliphatic heterocycles. The Morgan fingerprint density at radius 2 is 2.21 bits per heavy atom. The molecule has 0 spiro atoms. The number of nitro groups is 1. The summed E-state index contributed by atoms with van der Waals surface area (Å²) in [6.45, 7) is 3.69. The smallest absolute Gasteiger partial charge is 0.269 e. The molecule has 1 aromatic heterocycles. The van der Waals surface area contributed by atoms with Crippen LogP contribution in [0.15, 0.2) is 60.1 Å². The summed E-state index contributed by atoms with van der Waals surface area (Å²) in [6, 6.07) is 4.54. The Hall–Kier alpha value is -3.75. The lowest BCUT2D eigenvalue weighted by Crippen LogP contribution is -2.30. The lowest BCUT2D eigenvalue weighted by atomic mass is 9.99. The van der Waals surface area contributed by atoms with Gasteiger partial charge in [-0.25, -0.2) is 4.98 Å². The Morgan fingerprint density at radius 1 is 1.43 bits per heavy atom. The van der Waals surface area contributed by atoms with Crippen molar-refractivity contribution in [3.63, 3.8) is 0 Å². The zero-order chi connectivity index (χ0) is 20.3. The largest absolute Gasteiger partial charge is 0.331 e. The third-order valence-corrected chi connectivity index (χ3v) is 4.52. The predicted molar refractivity (Wildman–Crippen MR) is 102 cm³/mol. The second-order valence-corrected chi connectivity index (χ2v) is 6.25. The molecular weight excluding hydrogens is 362 g/mol. The topological polar surface area (TPSA) is 110 Å². The third kappa shape index (κ3) is 3.54. The molecule has 0 bridgehead atoms. The first-order valence-corrected chi connectivity index (χ1v) is 8.66. The maximum Gasteiger partial charge on any atom is 0.269 e. The number of aromatic nitrogens is 2. The monoisotopic (exact) mass is 381 g/mol. The number of allylic oxidation sites excluding steroid dienone is 2. The summed E-state index contributed by atoms with van der Waals surface area (Å²) in [6.07, 6.45) is 7.63. The molecule has 9 heteroatoms. The summed E-state index contributed by atoms with van der Waals surface area (Å²) in [7, 11) is 0. The zero-order valence-corrected chi connectivity index (χ0v) is 15.5. The number of imidazole rings is 1. The minimum absolute atomic E-state index is 0.00905. The van der Waals surface area contributed by atoms with Gasteiger partial charge in [0.15, 0.2) is 0 Å². The van der Waals surface area contributed by atoms with Crippen molar-refractivity contribution in [1.29, 1.82) is 0 Å². The Balaban J connectivity index is 2.12. The number of nitrogens with one attached hydrogen (secondary N) is 1. The fourth-order valence-corrected chi connectivity index (χ4v) is 3.24. The van der Waals surface area contributed by atoms with E-state index >= 15 is 0 Å². The molecule has 1 amide bonds. The maximum absolute atomic E-state index is 13.0. The number of nitro benzene ring substituents is 1. The minimum Gasteiger partial charge on any atom is -0.331 e. The van der Waals surface area contributed by atoms with Crippen molar-refractivity contribution < 1.29 is 14.5 Å². The van der Waals surface area contributed by atoms with E-state index in [-0.39, 0.29) is 18.0 Å². The average molecular weight is 381 g/mol. The quantitative estimate of drug-likeness (QED) is 0.468. The van der Waals surface area contributed by atoms with Crippen molar-refractivity contribution in [3.05, 3.63) is 75.8 Å². The molecule has 2 aromatic rings. The first kappa shape index (κ1) is 19.0. The second-order valence-electron chi connectivity index (χ2n) is 6.25. The van der Waals surface area contributed by atoms with E-state index in [1.807, 2.05) is 6.92 Å². The molecule has 0 saturated heterocycles. The van der Waals surface area contributed by atoms with E-state index in [4.69, 9.17) is 0 Å². The number of amides is 1. The highest BCUT2D eigenvalue weighted by molar-refractivity contribution is 5.97. The fraction of sp³-hybridized carbons (Fsp3) is 0.211. The summed E-state index contributed by atoms with van der Waals surface area (Å²) in [5.41, 5.74) is 3.19. The van der Waals surface area contributed by atoms with Gasteiger partial charge in [0.05, 0.1) is 4.92 Å². The molecule has 144 valence electrons. The van der Waals surface area contributed by atoms with Gasteiger partial charge in [0.1, 0.15) is 6.33 Å². The number of benzene rings is 1. The fourth-order valence-electron chi connectivity index (χ4n) is 3.24. The van der Waals surface area contributed by atoms with E-state index in [0.29, 0.717) is 35.4 Å². The average Bonchev–Trinajstić information content (AvgIpc) is 3.21. The van der Waals surface area contributed by atoms with Crippen LogP contribution in [-0.4, -0.2) is 26.8 Å². The van der Waals surface area contributed by atoms with Gasteiger partial charge in [0.25, 0.3) is 11.6 Å². The molecule has 0 aliphatic carbocycles. The van der Waals surface area contributed by atoms with E-state index in [1.165, 1.54) is 29.2 Å². The number of carbonyl (C=O) groups is 2. The molecule has 2 heterocycles. The molecule has 1 aromatic carbocycles. The third-order valence-electron chi connectivity index (χ3n) is 4.52. The standard InChI is InChI=1S/C19H19N5O4/c1-3-17-16(19(26)22-7-6-20-11-22)9-14(21-12-25)10-23(17)18-5-4-15(24(27)28)8-13(18)2/h4-8,10-12H,3,9H2,1-2H3,(H,21,25). The van der Waals surface area contributed by atoms with Crippen molar-refractivity contribution in [3.8, 4) is 0 Å². The minimum atomic E-state index is -0.452. The SMILES string of the molecule is CCC1=C(C(=O)n2ccnc2)CC(NC=O)=CN1c1ccc([N+](=O)[O-])cc1C. The highest BCUT2D eigenvalue weighted by Crippen LogP contribution is 2.35. The number of carbonyl (C=O) groups excluding carboxylic acids is 2. The lowest BCUT2D eigenvalue weighted by Gasteiger charge is -2.32. The molecule has 1 aliphatic rings. The van der Waals surface area contributed by atoms with Gasteiger partial charge in [0.2, 0.25) is 6.41 Å². The molecule has 0 atom stereocenters. The van der Waals surface area contributed by atoms with Crippen LogP contribution in [0.4, 0.5) is 11.4 Å². The Labute approximate surface area is 161 Å². The van der Waals surface area contributed by atoms with Crippen LogP contribution in [-0.2, 0) is 4.79 Å². The van der Waals surface area contributed by atoms with Gasteiger partial charge < -0.3 is 10.2 Å². The summed E-state index contributed by atoms with van der Waals surface area (Å²) < 4.78 is 1.38. The van der Waals surface area contributed by atoms with Crippen molar-refractivity contribution >= 4 is 23.7 Å². The normalized spacial score (nSPS) is 13.9. The van der Waals surface area contributed by atoms with Gasteiger partial charge >= 0.3 is 0 Å². The van der Waals surface area contributed by atoms with Crippen LogP contribution >= 0.6 is 0 Å². The summed E-state index contributed by atoms with van der Waals surface area (Å²) in [5.74, 6) is -0.239. The molecule has 9 nitrogen and oxygen atoms in total. The van der Waals surface area contributed by atoms with Crippen LogP contribution in [0.5, 0.6) is 0 Å². The molecular formula is C19H19N5O4. The Morgan fingerprint density at radius 3 is 2.79 bits per heavy atom. The van der Waals surface area contributed by atoms with Gasteiger partial charge in [-0.15, -0.1) is 0 Å². The predicted octanol–water partition coefficient (Wildman–Crippen LogP) is 2.90.